The highest BCUT2D eigenvalue weighted by molar-refractivity contribution is 7.15. The predicted molar refractivity (Wildman–Crippen MR) is 70.1 cm³/mol. The summed E-state index contributed by atoms with van der Waals surface area (Å²) in [6.45, 7) is 6.58. The second kappa shape index (κ2) is 4.67. The van der Waals surface area contributed by atoms with E-state index in [0.29, 0.717) is 11.7 Å². The molecule has 0 unspecified atom stereocenters. The molecule has 17 heavy (non-hydrogen) atoms. The first-order valence-electron chi connectivity index (χ1n) is 5.32. The second-order valence-electron chi connectivity index (χ2n) is 3.85. The second-order valence-corrected chi connectivity index (χ2v) is 4.99. The fraction of sp³-hybridized carbons (Fsp3) is 0.364. The summed E-state index contributed by atoms with van der Waals surface area (Å²) in [7, 11) is 0. The monoisotopic (exact) mass is 249 g/mol. The van der Waals surface area contributed by atoms with E-state index < -0.39 is 0 Å². The molecule has 2 heterocycles. The Morgan fingerprint density at radius 3 is 2.71 bits per heavy atom. The lowest BCUT2D eigenvalue weighted by Crippen LogP contribution is -2.06. The molecule has 6 heteroatoms. The van der Waals surface area contributed by atoms with Gasteiger partial charge in [0, 0.05) is 22.3 Å². The molecule has 0 saturated carbocycles. The summed E-state index contributed by atoms with van der Waals surface area (Å²) in [5.41, 5.74) is 7.66. The van der Waals surface area contributed by atoms with Crippen LogP contribution in [0.5, 0.6) is 0 Å². The van der Waals surface area contributed by atoms with Crippen molar-refractivity contribution in [2.75, 3.05) is 11.1 Å². The lowest BCUT2D eigenvalue weighted by atomic mass is 10.2. The Morgan fingerprint density at radius 2 is 2.06 bits per heavy atom. The van der Waals surface area contributed by atoms with Crippen LogP contribution in [0.3, 0.4) is 0 Å². The van der Waals surface area contributed by atoms with E-state index in [2.05, 4.69) is 20.3 Å². The summed E-state index contributed by atoms with van der Waals surface area (Å²) in [5, 5.41) is 3.88. The van der Waals surface area contributed by atoms with Gasteiger partial charge in [-0.2, -0.15) is 0 Å². The first-order chi connectivity index (χ1) is 8.06. The topological polar surface area (TPSA) is 76.7 Å². The summed E-state index contributed by atoms with van der Waals surface area (Å²) >= 11 is 1.48. The molecular weight excluding hydrogens is 234 g/mol. The first kappa shape index (κ1) is 11.8. The molecule has 0 aliphatic carbocycles. The number of aromatic nitrogens is 3. The van der Waals surface area contributed by atoms with Crippen molar-refractivity contribution in [3.63, 3.8) is 0 Å². The van der Waals surface area contributed by atoms with E-state index in [9.17, 15) is 0 Å². The molecule has 2 rings (SSSR count). The van der Waals surface area contributed by atoms with E-state index in [1.54, 1.807) is 6.20 Å². The third kappa shape index (κ3) is 2.71. The number of nitrogens with two attached hydrogens (primary N) is 1. The van der Waals surface area contributed by atoms with Gasteiger partial charge in [0.25, 0.3) is 0 Å². The average Bonchev–Trinajstić information content (AvgIpc) is 2.67. The van der Waals surface area contributed by atoms with Crippen molar-refractivity contribution >= 4 is 22.3 Å². The highest BCUT2D eigenvalue weighted by Crippen LogP contribution is 2.18. The predicted octanol–water partition coefficient (Wildman–Crippen LogP) is 2.05. The van der Waals surface area contributed by atoms with Crippen molar-refractivity contribution in [1.29, 1.82) is 0 Å². The van der Waals surface area contributed by atoms with Crippen LogP contribution < -0.4 is 11.1 Å². The summed E-state index contributed by atoms with van der Waals surface area (Å²) in [4.78, 5) is 13.8. The van der Waals surface area contributed by atoms with Crippen LogP contribution in [-0.2, 0) is 6.54 Å². The summed E-state index contributed by atoms with van der Waals surface area (Å²) in [6, 6.07) is 0. The molecule has 2 aromatic heterocycles. The molecule has 0 amide bonds. The van der Waals surface area contributed by atoms with Gasteiger partial charge in [0.1, 0.15) is 11.6 Å². The molecule has 0 bridgehead atoms. The smallest absolute Gasteiger partial charge is 0.180 e. The van der Waals surface area contributed by atoms with E-state index in [0.717, 1.165) is 27.8 Å². The molecule has 0 aromatic carbocycles. The van der Waals surface area contributed by atoms with Crippen LogP contribution in [0, 0.1) is 20.8 Å². The molecule has 3 N–H and O–H groups in total. The van der Waals surface area contributed by atoms with Gasteiger partial charge in [-0.3, -0.25) is 0 Å². The van der Waals surface area contributed by atoms with Crippen LogP contribution in [0.4, 0.5) is 10.9 Å². The third-order valence-corrected chi connectivity index (χ3v) is 3.33. The van der Waals surface area contributed by atoms with E-state index in [-0.39, 0.29) is 0 Å². The number of aryl methyl sites for hydroxylation is 2. The Balaban J connectivity index is 2.14. The molecule has 0 radical (unpaired) electrons. The van der Waals surface area contributed by atoms with Crippen molar-refractivity contribution in [2.45, 2.75) is 27.3 Å². The van der Waals surface area contributed by atoms with Gasteiger partial charge in [-0.05, 0) is 20.8 Å². The standard InChI is InChI=1S/C11H15N5S/c1-6-7(2)15-8(3)16-10(6)13-4-9-5-14-11(12)17-9/h5H,4H2,1-3H3,(H2,12,14)(H,13,15,16). The normalized spacial score (nSPS) is 10.5. The van der Waals surface area contributed by atoms with Gasteiger partial charge in [-0.15, -0.1) is 11.3 Å². The fourth-order valence-electron chi connectivity index (χ4n) is 1.52. The maximum absolute atomic E-state index is 5.58. The quantitative estimate of drug-likeness (QED) is 0.870. The van der Waals surface area contributed by atoms with Gasteiger partial charge in [0.05, 0.1) is 6.54 Å². The minimum Gasteiger partial charge on any atom is -0.375 e. The van der Waals surface area contributed by atoms with E-state index in [1.807, 2.05) is 20.8 Å². The molecule has 0 atom stereocenters. The molecule has 0 aliphatic heterocycles. The van der Waals surface area contributed by atoms with Gasteiger partial charge < -0.3 is 11.1 Å². The van der Waals surface area contributed by atoms with E-state index in [1.165, 1.54) is 11.3 Å². The van der Waals surface area contributed by atoms with Crippen LogP contribution in [0.15, 0.2) is 6.20 Å². The Bertz CT molecular complexity index is 535. The van der Waals surface area contributed by atoms with Crippen LogP contribution in [0.1, 0.15) is 22.0 Å². The SMILES string of the molecule is Cc1nc(C)c(C)c(NCc2cnc(N)s2)n1. The van der Waals surface area contributed by atoms with Gasteiger partial charge in [-0.25, -0.2) is 15.0 Å². The fourth-order valence-corrected chi connectivity index (χ4v) is 2.14. The van der Waals surface area contributed by atoms with Gasteiger partial charge >= 0.3 is 0 Å². The molecule has 90 valence electrons. The highest BCUT2D eigenvalue weighted by atomic mass is 32.1. The van der Waals surface area contributed by atoms with Crippen molar-refractivity contribution in [2.24, 2.45) is 0 Å². The lowest BCUT2D eigenvalue weighted by molar-refractivity contribution is 0.971. The van der Waals surface area contributed by atoms with Crippen LogP contribution >= 0.6 is 11.3 Å². The number of nitrogens with one attached hydrogen (secondary N) is 1. The Labute approximate surface area is 104 Å². The minimum absolute atomic E-state index is 0.591. The van der Waals surface area contributed by atoms with Crippen molar-refractivity contribution < 1.29 is 0 Å². The first-order valence-corrected chi connectivity index (χ1v) is 6.14. The summed E-state index contributed by atoms with van der Waals surface area (Å²) < 4.78 is 0. The number of anilines is 2. The van der Waals surface area contributed by atoms with Crippen molar-refractivity contribution in [3.8, 4) is 0 Å². The highest BCUT2D eigenvalue weighted by Gasteiger charge is 2.06. The lowest BCUT2D eigenvalue weighted by Gasteiger charge is -2.09. The summed E-state index contributed by atoms with van der Waals surface area (Å²) in [6.07, 6.45) is 1.78. The largest absolute Gasteiger partial charge is 0.375 e. The number of rotatable bonds is 3. The Kier molecular flexibility index (Phi) is 3.23. The van der Waals surface area contributed by atoms with Crippen molar-refractivity contribution in [1.82, 2.24) is 15.0 Å². The van der Waals surface area contributed by atoms with Crippen LogP contribution in [0.25, 0.3) is 0 Å². The van der Waals surface area contributed by atoms with Gasteiger partial charge in [0.15, 0.2) is 5.13 Å². The summed E-state index contributed by atoms with van der Waals surface area (Å²) in [5.74, 6) is 1.65. The maximum Gasteiger partial charge on any atom is 0.180 e. The zero-order chi connectivity index (χ0) is 12.4. The Morgan fingerprint density at radius 1 is 1.29 bits per heavy atom. The van der Waals surface area contributed by atoms with Gasteiger partial charge in [-0.1, -0.05) is 0 Å². The molecule has 0 saturated heterocycles. The molecule has 0 spiro atoms. The van der Waals surface area contributed by atoms with Crippen molar-refractivity contribution in [3.05, 3.63) is 28.2 Å². The average molecular weight is 249 g/mol. The van der Waals surface area contributed by atoms with Crippen LogP contribution in [-0.4, -0.2) is 15.0 Å². The number of hydrogen-bond donors (Lipinski definition) is 2. The minimum atomic E-state index is 0.591. The third-order valence-electron chi connectivity index (χ3n) is 2.50. The molecule has 5 nitrogen and oxygen atoms in total. The van der Waals surface area contributed by atoms with E-state index >= 15 is 0 Å². The molecule has 2 aromatic rings. The molecule has 0 aliphatic rings. The number of nitrogens with zero attached hydrogens (tertiary/aromatic N) is 3. The number of hydrogen-bond acceptors (Lipinski definition) is 6. The maximum atomic E-state index is 5.58. The zero-order valence-electron chi connectivity index (χ0n) is 10.1. The number of nitrogen functional groups attached to an aromatic ring is 1. The zero-order valence-corrected chi connectivity index (χ0v) is 10.9. The van der Waals surface area contributed by atoms with Gasteiger partial charge in [0.2, 0.25) is 0 Å². The van der Waals surface area contributed by atoms with Crippen LogP contribution in [0.2, 0.25) is 0 Å². The molecule has 0 fully saturated rings. The Hall–Kier alpha value is -1.69. The number of thiazole rings is 1. The molecular formula is C11H15N5S. The van der Waals surface area contributed by atoms with E-state index in [4.69, 9.17) is 5.73 Å².